The van der Waals surface area contributed by atoms with Crippen LogP contribution in [0.2, 0.25) is 5.02 Å². The molecular weight excluding hydrogens is 344 g/mol. The van der Waals surface area contributed by atoms with E-state index in [0.29, 0.717) is 46.8 Å². The Labute approximate surface area is 151 Å². The van der Waals surface area contributed by atoms with E-state index in [0.717, 1.165) is 12.0 Å². The lowest BCUT2D eigenvalue weighted by Gasteiger charge is -2.14. The zero-order valence-electron chi connectivity index (χ0n) is 14.1. The fraction of sp³-hybridized carbons (Fsp3) is 0.316. The second kappa shape index (κ2) is 7.66. The monoisotopic (exact) mass is 362 g/mol. The van der Waals surface area contributed by atoms with E-state index in [-0.39, 0.29) is 12.4 Å². The molecular formula is C19H19ClO5. The number of methoxy groups -OCH3 is 1. The van der Waals surface area contributed by atoms with Crippen molar-refractivity contribution in [3.8, 4) is 23.0 Å². The highest BCUT2D eigenvalue weighted by Crippen LogP contribution is 2.38. The molecule has 0 unspecified atom stereocenters. The van der Waals surface area contributed by atoms with E-state index >= 15 is 0 Å². The van der Waals surface area contributed by atoms with Crippen LogP contribution < -0.4 is 18.9 Å². The van der Waals surface area contributed by atoms with E-state index < -0.39 is 0 Å². The van der Waals surface area contributed by atoms with Gasteiger partial charge in [-0.3, -0.25) is 4.79 Å². The lowest BCUT2D eigenvalue weighted by Crippen LogP contribution is -2.01. The van der Waals surface area contributed by atoms with E-state index in [1.165, 1.54) is 14.0 Å². The quantitative estimate of drug-likeness (QED) is 0.742. The molecule has 5 nitrogen and oxygen atoms in total. The first kappa shape index (κ1) is 17.4. The van der Waals surface area contributed by atoms with Crippen LogP contribution in [0.1, 0.15) is 29.3 Å². The molecule has 0 fully saturated rings. The van der Waals surface area contributed by atoms with Gasteiger partial charge in [0, 0.05) is 12.0 Å². The third-order valence-corrected chi connectivity index (χ3v) is 4.11. The van der Waals surface area contributed by atoms with Crippen molar-refractivity contribution in [1.82, 2.24) is 0 Å². The number of hydrogen-bond donors (Lipinski definition) is 0. The summed E-state index contributed by atoms with van der Waals surface area (Å²) in [6.45, 7) is 2.97. The number of carbonyl (C=O) groups is 1. The molecule has 1 heterocycles. The smallest absolute Gasteiger partial charge is 0.179 e. The van der Waals surface area contributed by atoms with Gasteiger partial charge in [-0.05, 0) is 42.8 Å². The Balaban J connectivity index is 1.79. The Hall–Kier alpha value is -2.40. The van der Waals surface area contributed by atoms with Gasteiger partial charge < -0.3 is 18.9 Å². The molecule has 25 heavy (non-hydrogen) atoms. The number of fused-ring (bicyclic) bond motifs is 1. The summed E-state index contributed by atoms with van der Waals surface area (Å²) in [6, 6.07) is 8.76. The SMILES string of the molecule is COc1cc(C(C)=O)ccc1OCc1cc(Cl)c2c(c1)OCCCO2. The van der Waals surface area contributed by atoms with Crippen LogP contribution >= 0.6 is 11.6 Å². The standard InChI is InChI=1S/C19H19ClO5/c1-12(21)14-4-5-16(17(10-14)22-2)25-11-13-8-15(20)19-18(9-13)23-6-3-7-24-19/h4-5,8-10H,3,6-7,11H2,1-2H3. The fourth-order valence-electron chi connectivity index (χ4n) is 2.53. The minimum atomic E-state index is -0.0282. The summed E-state index contributed by atoms with van der Waals surface area (Å²) < 4.78 is 22.4. The molecule has 0 aliphatic carbocycles. The van der Waals surface area contributed by atoms with Crippen LogP contribution in [0.5, 0.6) is 23.0 Å². The van der Waals surface area contributed by atoms with Crippen molar-refractivity contribution in [1.29, 1.82) is 0 Å². The lowest BCUT2D eigenvalue weighted by molar-refractivity contribution is 0.101. The average Bonchev–Trinajstić information content (AvgIpc) is 2.85. The van der Waals surface area contributed by atoms with Gasteiger partial charge in [-0.1, -0.05) is 11.6 Å². The number of hydrogen-bond acceptors (Lipinski definition) is 5. The molecule has 0 radical (unpaired) electrons. The maximum Gasteiger partial charge on any atom is 0.179 e. The number of rotatable bonds is 5. The van der Waals surface area contributed by atoms with Crippen LogP contribution in [-0.2, 0) is 6.61 Å². The third-order valence-electron chi connectivity index (χ3n) is 3.83. The number of ketones is 1. The zero-order chi connectivity index (χ0) is 17.8. The van der Waals surface area contributed by atoms with Gasteiger partial charge in [0.05, 0.1) is 25.3 Å². The van der Waals surface area contributed by atoms with Crippen molar-refractivity contribution in [2.24, 2.45) is 0 Å². The Morgan fingerprint density at radius 3 is 2.72 bits per heavy atom. The molecule has 1 aliphatic rings. The molecule has 2 aromatic carbocycles. The number of carbonyl (C=O) groups excluding carboxylic acids is 1. The molecule has 0 spiro atoms. The van der Waals surface area contributed by atoms with Crippen LogP contribution in [0.15, 0.2) is 30.3 Å². The van der Waals surface area contributed by atoms with Gasteiger partial charge in [0.25, 0.3) is 0 Å². The second-order valence-electron chi connectivity index (χ2n) is 5.67. The normalized spacial score (nSPS) is 13.1. The van der Waals surface area contributed by atoms with Gasteiger partial charge in [0.15, 0.2) is 28.8 Å². The van der Waals surface area contributed by atoms with Crippen molar-refractivity contribution in [3.05, 3.63) is 46.5 Å². The van der Waals surface area contributed by atoms with E-state index in [2.05, 4.69) is 0 Å². The molecule has 1 aliphatic heterocycles. The minimum Gasteiger partial charge on any atom is -0.493 e. The molecule has 0 saturated heterocycles. The maximum absolute atomic E-state index is 11.5. The first-order valence-electron chi connectivity index (χ1n) is 7.98. The predicted octanol–water partition coefficient (Wildman–Crippen LogP) is 4.29. The highest BCUT2D eigenvalue weighted by molar-refractivity contribution is 6.32. The Bertz CT molecular complexity index is 788. The van der Waals surface area contributed by atoms with Crippen LogP contribution in [0.3, 0.4) is 0 Å². The summed E-state index contributed by atoms with van der Waals surface area (Å²) >= 11 is 6.29. The summed E-state index contributed by atoms with van der Waals surface area (Å²) in [4.78, 5) is 11.5. The summed E-state index contributed by atoms with van der Waals surface area (Å²) in [5.41, 5.74) is 1.43. The van der Waals surface area contributed by atoms with Crippen LogP contribution in [0.4, 0.5) is 0 Å². The van der Waals surface area contributed by atoms with E-state index in [4.69, 9.17) is 30.5 Å². The molecule has 132 valence electrons. The van der Waals surface area contributed by atoms with Gasteiger partial charge in [0.1, 0.15) is 6.61 Å². The van der Waals surface area contributed by atoms with Gasteiger partial charge >= 0.3 is 0 Å². The van der Waals surface area contributed by atoms with Crippen molar-refractivity contribution in [2.75, 3.05) is 20.3 Å². The largest absolute Gasteiger partial charge is 0.493 e. The summed E-state index contributed by atoms with van der Waals surface area (Å²) in [5.74, 6) is 2.23. The molecule has 0 saturated carbocycles. The second-order valence-corrected chi connectivity index (χ2v) is 6.07. The fourth-order valence-corrected chi connectivity index (χ4v) is 2.82. The van der Waals surface area contributed by atoms with E-state index in [1.54, 1.807) is 24.3 Å². The topological polar surface area (TPSA) is 54.0 Å². The van der Waals surface area contributed by atoms with Crippen molar-refractivity contribution in [3.63, 3.8) is 0 Å². The first-order chi connectivity index (χ1) is 12.1. The number of benzene rings is 2. The van der Waals surface area contributed by atoms with Crippen LogP contribution in [-0.4, -0.2) is 26.1 Å². The zero-order valence-corrected chi connectivity index (χ0v) is 14.9. The molecule has 0 N–H and O–H groups in total. The molecule has 0 aromatic heterocycles. The maximum atomic E-state index is 11.5. The summed E-state index contributed by atoms with van der Waals surface area (Å²) in [6.07, 6.45) is 0.816. The van der Waals surface area contributed by atoms with Gasteiger partial charge in [-0.25, -0.2) is 0 Å². The van der Waals surface area contributed by atoms with Crippen molar-refractivity contribution in [2.45, 2.75) is 20.0 Å². The Morgan fingerprint density at radius 1 is 1.16 bits per heavy atom. The van der Waals surface area contributed by atoms with E-state index in [9.17, 15) is 4.79 Å². The minimum absolute atomic E-state index is 0.0282. The van der Waals surface area contributed by atoms with Gasteiger partial charge in [-0.15, -0.1) is 0 Å². The molecule has 0 amide bonds. The van der Waals surface area contributed by atoms with Gasteiger partial charge in [0.2, 0.25) is 0 Å². The summed E-state index contributed by atoms with van der Waals surface area (Å²) in [7, 11) is 1.54. The first-order valence-corrected chi connectivity index (χ1v) is 8.36. The Kier molecular flexibility index (Phi) is 5.34. The van der Waals surface area contributed by atoms with E-state index in [1.807, 2.05) is 6.07 Å². The number of Topliss-reactive ketones (excluding diaryl/α,β-unsaturated/α-hetero) is 1. The molecule has 0 bridgehead atoms. The third kappa shape index (κ3) is 3.99. The number of halogens is 1. The van der Waals surface area contributed by atoms with Crippen LogP contribution in [0, 0.1) is 0 Å². The molecule has 6 heteroatoms. The van der Waals surface area contributed by atoms with Crippen molar-refractivity contribution < 1.29 is 23.7 Å². The summed E-state index contributed by atoms with van der Waals surface area (Å²) in [5, 5.41) is 0.497. The Morgan fingerprint density at radius 2 is 1.96 bits per heavy atom. The average molecular weight is 363 g/mol. The molecule has 3 rings (SSSR count). The highest BCUT2D eigenvalue weighted by atomic mass is 35.5. The van der Waals surface area contributed by atoms with Crippen molar-refractivity contribution >= 4 is 17.4 Å². The highest BCUT2D eigenvalue weighted by Gasteiger charge is 2.16. The molecule has 2 aromatic rings. The lowest BCUT2D eigenvalue weighted by atomic mass is 10.1. The number of ether oxygens (including phenoxy) is 4. The van der Waals surface area contributed by atoms with Gasteiger partial charge in [-0.2, -0.15) is 0 Å². The molecule has 0 atom stereocenters. The predicted molar refractivity (Wildman–Crippen MR) is 94.4 cm³/mol. The van der Waals surface area contributed by atoms with Crippen LogP contribution in [0.25, 0.3) is 0 Å².